The second-order valence-electron chi connectivity index (χ2n) is 7.24. The van der Waals surface area contributed by atoms with Crippen molar-refractivity contribution in [3.63, 3.8) is 0 Å². The maximum atomic E-state index is 12.6. The fraction of sp³-hybridized carbons (Fsp3) is 0.381. The Bertz CT molecular complexity index is 826. The van der Waals surface area contributed by atoms with Crippen LogP contribution in [0.4, 0.5) is 11.4 Å². The topological polar surface area (TPSA) is 50.8 Å². The van der Waals surface area contributed by atoms with E-state index < -0.39 is 5.79 Å². The summed E-state index contributed by atoms with van der Waals surface area (Å²) in [6.45, 7) is 0. The van der Waals surface area contributed by atoms with Gasteiger partial charge in [-0.3, -0.25) is 4.79 Å². The largest absolute Gasteiger partial charge is 0.448 e. The zero-order chi connectivity index (χ0) is 18.1. The fourth-order valence-electron chi connectivity index (χ4n) is 3.59. The monoisotopic (exact) mass is 352 g/mol. The SMILES string of the molecule is CN(C)c1cccc(C(=O)Nc2ccc3c(c2)OC2(CCCCC2)O3)c1. The first-order chi connectivity index (χ1) is 12.5. The van der Waals surface area contributed by atoms with Crippen LogP contribution in [-0.4, -0.2) is 25.8 Å². The third-order valence-electron chi connectivity index (χ3n) is 5.03. The predicted molar refractivity (Wildman–Crippen MR) is 102 cm³/mol. The summed E-state index contributed by atoms with van der Waals surface area (Å²) >= 11 is 0. The number of amides is 1. The molecule has 2 aromatic rings. The molecule has 1 fully saturated rings. The number of benzene rings is 2. The van der Waals surface area contributed by atoms with E-state index in [2.05, 4.69) is 5.32 Å². The van der Waals surface area contributed by atoms with Crippen molar-refractivity contribution in [3.05, 3.63) is 48.0 Å². The Labute approximate surface area is 153 Å². The van der Waals surface area contributed by atoms with Crippen LogP contribution in [0.3, 0.4) is 0 Å². The summed E-state index contributed by atoms with van der Waals surface area (Å²) in [7, 11) is 3.91. The number of ether oxygens (including phenoxy) is 2. The van der Waals surface area contributed by atoms with Gasteiger partial charge < -0.3 is 19.7 Å². The molecule has 4 rings (SSSR count). The summed E-state index contributed by atoms with van der Waals surface area (Å²) in [4.78, 5) is 14.6. The molecule has 1 spiro atoms. The van der Waals surface area contributed by atoms with E-state index in [9.17, 15) is 4.79 Å². The first-order valence-electron chi connectivity index (χ1n) is 9.16. The van der Waals surface area contributed by atoms with E-state index in [0.717, 1.165) is 37.1 Å². The number of hydrogen-bond acceptors (Lipinski definition) is 4. The summed E-state index contributed by atoms with van der Waals surface area (Å²) in [5.74, 6) is 0.842. The van der Waals surface area contributed by atoms with Crippen molar-refractivity contribution in [2.75, 3.05) is 24.3 Å². The Hall–Kier alpha value is -2.69. The standard InChI is InChI=1S/C21H24N2O3/c1-23(2)17-8-6-7-15(13-17)20(24)22-16-9-10-18-19(14-16)26-21(25-18)11-4-3-5-12-21/h6-10,13-14H,3-5,11-12H2,1-2H3,(H,22,24). The minimum Gasteiger partial charge on any atom is -0.448 e. The van der Waals surface area contributed by atoms with Gasteiger partial charge in [0.05, 0.1) is 0 Å². The highest BCUT2D eigenvalue weighted by molar-refractivity contribution is 6.05. The second kappa shape index (κ2) is 6.56. The van der Waals surface area contributed by atoms with Gasteiger partial charge in [0.1, 0.15) is 0 Å². The van der Waals surface area contributed by atoms with Crippen molar-refractivity contribution < 1.29 is 14.3 Å². The van der Waals surface area contributed by atoms with Gasteiger partial charge in [-0.15, -0.1) is 0 Å². The van der Waals surface area contributed by atoms with Crippen LogP contribution in [0.5, 0.6) is 11.5 Å². The molecular weight excluding hydrogens is 328 g/mol. The van der Waals surface area contributed by atoms with E-state index in [1.807, 2.05) is 61.5 Å². The lowest BCUT2D eigenvalue weighted by Gasteiger charge is -2.31. The number of hydrogen-bond donors (Lipinski definition) is 1. The molecule has 5 heteroatoms. The highest BCUT2D eigenvalue weighted by Gasteiger charge is 2.42. The third kappa shape index (κ3) is 3.21. The summed E-state index contributed by atoms with van der Waals surface area (Å²) < 4.78 is 12.2. The van der Waals surface area contributed by atoms with Gasteiger partial charge in [-0.25, -0.2) is 0 Å². The van der Waals surface area contributed by atoms with E-state index in [1.165, 1.54) is 6.42 Å². The van der Waals surface area contributed by atoms with Crippen molar-refractivity contribution in [2.24, 2.45) is 0 Å². The van der Waals surface area contributed by atoms with Gasteiger partial charge in [0, 0.05) is 49.9 Å². The average molecular weight is 352 g/mol. The zero-order valence-electron chi connectivity index (χ0n) is 15.2. The number of carbonyl (C=O) groups excluding carboxylic acids is 1. The van der Waals surface area contributed by atoms with Crippen LogP contribution in [-0.2, 0) is 0 Å². The van der Waals surface area contributed by atoms with Crippen LogP contribution in [0, 0.1) is 0 Å². The molecule has 1 N–H and O–H groups in total. The fourth-order valence-corrected chi connectivity index (χ4v) is 3.59. The van der Waals surface area contributed by atoms with Crippen LogP contribution in [0.15, 0.2) is 42.5 Å². The Balaban J connectivity index is 1.49. The minimum atomic E-state index is -0.497. The lowest BCUT2D eigenvalue weighted by atomic mass is 9.94. The molecule has 1 amide bonds. The van der Waals surface area contributed by atoms with Gasteiger partial charge in [0.2, 0.25) is 0 Å². The Morgan fingerprint density at radius 1 is 1.00 bits per heavy atom. The summed E-state index contributed by atoms with van der Waals surface area (Å²) in [6.07, 6.45) is 5.32. The average Bonchev–Trinajstić information content (AvgIpc) is 2.98. The lowest BCUT2D eigenvalue weighted by Crippen LogP contribution is -2.40. The summed E-state index contributed by atoms with van der Waals surface area (Å²) in [6, 6.07) is 13.1. The molecule has 1 aliphatic heterocycles. The van der Waals surface area contributed by atoms with E-state index in [0.29, 0.717) is 17.0 Å². The molecule has 1 heterocycles. The molecule has 136 valence electrons. The Morgan fingerprint density at radius 3 is 2.54 bits per heavy atom. The Morgan fingerprint density at radius 2 is 1.77 bits per heavy atom. The highest BCUT2D eigenvalue weighted by atomic mass is 16.7. The quantitative estimate of drug-likeness (QED) is 0.887. The van der Waals surface area contributed by atoms with Crippen molar-refractivity contribution in [1.82, 2.24) is 0 Å². The maximum Gasteiger partial charge on any atom is 0.255 e. The predicted octanol–water partition coefficient (Wildman–Crippen LogP) is 4.44. The Kier molecular flexibility index (Phi) is 4.23. The molecule has 0 saturated heterocycles. The molecule has 2 aromatic carbocycles. The first kappa shape index (κ1) is 16.8. The number of fused-ring (bicyclic) bond motifs is 1. The van der Waals surface area contributed by atoms with E-state index in [-0.39, 0.29) is 5.91 Å². The minimum absolute atomic E-state index is 0.139. The maximum absolute atomic E-state index is 12.6. The first-order valence-corrected chi connectivity index (χ1v) is 9.16. The smallest absolute Gasteiger partial charge is 0.255 e. The molecule has 0 bridgehead atoms. The lowest BCUT2D eigenvalue weighted by molar-refractivity contribution is -0.105. The van der Waals surface area contributed by atoms with Gasteiger partial charge >= 0.3 is 0 Å². The van der Waals surface area contributed by atoms with E-state index in [1.54, 1.807) is 0 Å². The van der Waals surface area contributed by atoms with Crippen LogP contribution in [0.25, 0.3) is 0 Å². The third-order valence-corrected chi connectivity index (χ3v) is 5.03. The number of nitrogens with zero attached hydrogens (tertiary/aromatic N) is 1. The number of carbonyl (C=O) groups is 1. The molecule has 2 aliphatic rings. The molecule has 0 aromatic heterocycles. The van der Waals surface area contributed by atoms with Gasteiger partial charge in [-0.05, 0) is 43.2 Å². The van der Waals surface area contributed by atoms with Crippen molar-refractivity contribution in [3.8, 4) is 11.5 Å². The summed E-state index contributed by atoms with van der Waals surface area (Å²) in [5.41, 5.74) is 2.32. The molecule has 5 nitrogen and oxygen atoms in total. The normalized spacial score (nSPS) is 17.2. The number of nitrogens with one attached hydrogen (secondary N) is 1. The van der Waals surface area contributed by atoms with E-state index in [4.69, 9.17) is 9.47 Å². The van der Waals surface area contributed by atoms with Gasteiger partial charge in [-0.1, -0.05) is 12.5 Å². The van der Waals surface area contributed by atoms with Gasteiger partial charge in [0.25, 0.3) is 11.7 Å². The van der Waals surface area contributed by atoms with Crippen LogP contribution in [0.1, 0.15) is 42.5 Å². The van der Waals surface area contributed by atoms with Crippen LogP contribution >= 0.6 is 0 Å². The van der Waals surface area contributed by atoms with Crippen LogP contribution < -0.4 is 19.7 Å². The van der Waals surface area contributed by atoms with Crippen molar-refractivity contribution in [2.45, 2.75) is 37.9 Å². The molecule has 1 saturated carbocycles. The molecule has 0 unspecified atom stereocenters. The summed E-state index contributed by atoms with van der Waals surface area (Å²) in [5, 5.41) is 2.95. The number of anilines is 2. The molecule has 1 aliphatic carbocycles. The van der Waals surface area contributed by atoms with Gasteiger partial charge in [-0.2, -0.15) is 0 Å². The van der Waals surface area contributed by atoms with Gasteiger partial charge in [0.15, 0.2) is 11.5 Å². The molecule has 0 atom stereocenters. The van der Waals surface area contributed by atoms with E-state index >= 15 is 0 Å². The highest BCUT2D eigenvalue weighted by Crippen LogP contribution is 2.46. The van der Waals surface area contributed by atoms with Crippen molar-refractivity contribution >= 4 is 17.3 Å². The zero-order valence-corrected chi connectivity index (χ0v) is 15.2. The second-order valence-corrected chi connectivity index (χ2v) is 7.24. The number of rotatable bonds is 3. The van der Waals surface area contributed by atoms with Crippen LogP contribution in [0.2, 0.25) is 0 Å². The molecule has 0 radical (unpaired) electrons. The molecular formula is C21H24N2O3. The van der Waals surface area contributed by atoms with Crippen molar-refractivity contribution in [1.29, 1.82) is 0 Å². The molecule has 26 heavy (non-hydrogen) atoms.